The van der Waals surface area contributed by atoms with E-state index in [1.807, 2.05) is 13.8 Å². The van der Waals surface area contributed by atoms with Crippen LogP contribution in [0.4, 0.5) is 0 Å². The average molecular weight is 437 g/mol. The van der Waals surface area contributed by atoms with E-state index in [0.717, 1.165) is 0 Å². The van der Waals surface area contributed by atoms with Crippen molar-refractivity contribution in [2.75, 3.05) is 6.54 Å². The fraction of sp³-hybridized carbons (Fsp3) is 0.650. The minimum Gasteiger partial charge on any atom is -0.480 e. The number of hydrogen-bond donors (Lipinski definition) is 5. The van der Waals surface area contributed by atoms with Crippen molar-refractivity contribution < 1.29 is 24.3 Å². The number of likely N-dealkylation sites (tertiary alicyclic amines) is 1. The molecule has 6 N–H and O–H groups in total. The number of imidazole rings is 1. The third kappa shape index (κ3) is 6.27. The first-order chi connectivity index (χ1) is 14.6. The Labute approximate surface area is 181 Å². The number of nitrogens with two attached hydrogens (primary N) is 1. The average Bonchev–Trinajstić information content (AvgIpc) is 3.43. The monoisotopic (exact) mass is 436 g/mol. The summed E-state index contributed by atoms with van der Waals surface area (Å²) in [7, 11) is 0. The molecule has 3 amide bonds. The number of carboxylic acids is 1. The number of amides is 3. The van der Waals surface area contributed by atoms with Crippen molar-refractivity contribution in [2.45, 2.75) is 70.6 Å². The normalized spacial score (nSPS) is 19.9. The number of nitrogens with zero attached hydrogens (tertiary/aromatic N) is 2. The fourth-order valence-electron chi connectivity index (χ4n) is 3.52. The molecule has 5 atom stereocenters. The zero-order valence-corrected chi connectivity index (χ0v) is 18.1. The van der Waals surface area contributed by atoms with Crippen LogP contribution in [0.2, 0.25) is 0 Å². The van der Waals surface area contributed by atoms with Gasteiger partial charge >= 0.3 is 5.97 Å². The highest BCUT2D eigenvalue weighted by molar-refractivity contribution is 5.94. The van der Waals surface area contributed by atoms with Crippen LogP contribution in [0.3, 0.4) is 0 Å². The molecule has 5 unspecified atom stereocenters. The third-order valence-electron chi connectivity index (χ3n) is 5.72. The standard InChI is InChI=1S/C20H32N6O5/c1-4-11(2)16(21)18(28)25-14(8-13-9-22-10-23-13)17(27)24-12(3)19(29)26-7-5-6-15(26)20(30)31/h9-12,14-16H,4-8,21H2,1-3H3,(H,22,23)(H,24,27)(H,25,28)(H,30,31). The van der Waals surface area contributed by atoms with Gasteiger partial charge in [-0.3, -0.25) is 14.4 Å². The van der Waals surface area contributed by atoms with Gasteiger partial charge in [-0.05, 0) is 25.7 Å². The summed E-state index contributed by atoms with van der Waals surface area (Å²) in [5.41, 5.74) is 6.62. The molecule has 1 aromatic rings. The minimum absolute atomic E-state index is 0.0699. The Morgan fingerprint density at radius 2 is 2.00 bits per heavy atom. The molecule has 0 aliphatic carbocycles. The summed E-state index contributed by atoms with van der Waals surface area (Å²) < 4.78 is 0. The van der Waals surface area contributed by atoms with Crippen LogP contribution in [0.1, 0.15) is 45.7 Å². The first-order valence-corrected chi connectivity index (χ1v) is 10.5. The van der Waals surface area contributed by atoms with Gasteiger partial charge in [-0.25, -0.2) is 9.78 Å². The molecule has 2 rings (SSSR count). The van der Waals surface area contributed by atoms with Crippen LogP contribution in [-0.4, -0.2) is 74.4 Å². The molecule has 0 bridgehead atoms. The Balaban J connectivity index is 2.08. The van der Waals surface area contributed by atoms with Crippen molar-refractivity contribution in [3.63, 3.8) is 0 Å². The number of carbonyl (C=O) groups is 4. The van der Waals surface area contributed by atoms with E-state index in [1.165, 1.54) is 24.3 Å². The summed E-state index contributed by atoms with van der Waals surface area (Å²) in [4.78, 5) is 57.6. The molecule has 2 heterocycles. The SMILES string of the molecule is CCC(C)C(N)C(=O)NC(Cc1cnc[nH]1)C(=O)NC(C)C(=O)N1CCCC1C(=O)O. The molecule has 0 aromatic carbocycles. The van der Waals surface area contributed by atoms with Gasteiger partial charge in [-0.2, -0.15) is 0 Å². The highest BCUT2D eigenvalue weighted by atomic mass is 16.4. The molecular formula is C20H32N6O5. The van der Waals surface area contributed by atoms with Crippen molar-refractivity contribution in [1.82, 2.24) is 25.5 Å². The number of aromatic amines is 1. The Morgan fingerprint density at radius 3 is 2.58 bits per heavy atom. The van der Waals surface area contributed by atoms with Crippen LogP contribution >= 0.6 is 0 Å². The molecule has 172 valence electrons. The van der Waals surface area contributed by atoms with Gasteiger partial charge in [0.1, 0.15) is 18.1 Å². The molecule has 11 nitrogen and oxygen atoms in total. The maximum atomic E-state index is 12.9. The number of aliphatic carboxylic acids is 1. The number of aromatic nitrogens is 2. The summed E-state index contributed by atoms with van der Waals surface area (Å²) in [6.07, 6.45) is 4.81. The van der Waals surface area contributed by atoms with Crippen molar-refractivity contribution in [3.05, 3.63) is 18.2 Å². The van der Waals surface area contributed by atoms with E-state index in [9.17, 15) is 24.3 Å². The van der Waals surface area contributed by atoms with Gasteiger partial charge in [0, 0.05) is 24.9 Å². The summed E-state index contributed by atoms with van der Waals surface area (Å²) in [6.45, 7) is 5.60. The second-order valence-corrected chi connectivity index (χ2v) is 8.01. The summed E-state index contributed by atoms with van der Waals surface area (Å²) in [5, 5.41) is 14.6. The lowest BCUT2D eigenvalue weighted by molar-refractivity contribution is -0.149. The van der Waals surface area contributed by atoms with E-state index in [-0.39, 0.29) is 12.3 Å². The summed E-state index contributed by atoms with van der Waals surface area (Å²) >= 11 is 0. The Hall–Kier alpha value is -2.95. The van der Waals surface area contributed by atoms with Crippen LogP contribution in [0, 0.1) is 5.92 Å². The van der Waals surface area contributed by atoms with Gasteiger partial charge in [0.25, 0.3) is 0 Å². The molecule has 0 radical (unpaired) electrons. The molecule has 1 aliphatic rings. The molecule has 1 saturated heterocycles. The molecule has 1 aromatic heterocycles. The molecule has 31 heavy (non-hydrogen) atoms. The number of nitrogens with one attached hydrogen (secondary N) is 3. The summed E-state index contributed by atoms with van der Waals surface area (Å²) in [5.74, 6) is -2.63. The van der Waals surface area contributed by atoms with Crippen LogP contribution in [-0.2, 0) is 25.6 Å². The Bertz CT molecular complexity index is 783. The van der Waals surface area contributed by atoms with Gasteiger partial charge < -0.3 is 31.4 Å². The number of carbonyl (C=O) groups excluding carboxylic acids is 3. The van der Waals surface area contributed by atoms with Gasteiger partial charge in [-0.15, -0.1) is 0 Å². The molecule has 1 aliphatic heterocycles. The van der Waals surface area contributed by atoms with E-state index < -0.39 is 47.9 Å². The molecule has 11 heteroatoms. The maximum absolute atomic E-state index is 12.9. The van der Waals surface area contributed by atoms with E-state index in [1.54, 1.807) is 0 Å². The van der Waals surface area contributed by atoms with E-state index >= 15 is 0 Å². The smallest absolute Gasteiger partial charge is 0.326 e. The molecular weight excluding hydrogens is 404 g/mol. The predicted octanol–water partition coefficient (Wildman–Crippen LogP) is -0.609. The fourth-order valence-corrected chi connectivity index (χ4v) is 3.52. The highest BCUT2D eigenvalue weighted by Crippen LogP contribution is 2.18. The number of hydrogen-bond acceptors (Lipinski definition) is 6. The van der Waals surface area contributed by atoms with Crippen LogP contribution in [0.5, 0.6) is 0 Å². The topological polar surface area (TPSA) is 171 Å². The van der Waals surface area contributed by atoms with Crippen LogP contribution < -0.4 is 16.4 Å². The number of rotatable bonds is 10. The zero-order valence-electron chi connectivity index (χ0n) is 18.1. The Kier molecular flexibility index (Phi) is 8.55. The van der Waals surface area contributed by atoms with Crippen molar-refractivity contribution in [1.29, 1.82) is 0 Å². The second-order valence-electron chi connectivity index (χ2n) is 8.01. The maximum Gasteiger partial charge on any atom is 0.326 e. The van der Waals surface area contributed by atoms with Crippen molar-refractivity contribution in [3.8, 4) is 0 Å². The second kappa shape index (κ2) is 10.9. The highest BCUT2D eigenvalue weighted by Gasteiger charge is 2.37. The number of carboxylic acid groups (broad SMARTS) is 1. The van der Waals surface area contributed by atoms with E-state index in [0.29, 0.717) is 31.5 Å². The first-order valence-electron chi connectivity index (χ1n) is 10.5. The first kappa shape index (κ1) is 24.3. The largest absolute Gasteiger partial charge is 0.480 e. The van der Waals surface area contributed by atoms with Crippen molar-refractivity contribution >= 4 is 23.7 Å². The van der Waals surface area contributed by atoms with Crippen molar-refractivity contribution in [2.24, 2.45) is 11.7 Å². The Morgan fingerprint density at radius 1 is 1.29 bits per heavy atom. The zero-order chi connectivity index (χ0) is 23.1. The lowest BCUT2D eigenvalue weighted by Crippen LogP contribution is -2.57. The molecule has 1 fully saturated rings. The molecule has 0 spiro atoms. The van der Waals surface area contributed by atoms with E-state index in [4.69, 9.17) is 5.73 Å². The third-order valence-corrected chi connectivity index (χ3v) is 5.72. The number of H-pyrrole nitrogens is 1. The lowest BCUT2D eigenvalue weighted by Gasteiger charge is -2.27. The minimum atomic E-state index is -1.06. The molecule has 0 saturated carbocycles. The van der Waals surface area contributed by atoms with Gasteiger partial charge in [0.2, 0.25) is 17.7 Å². The van der Waals surface area contributed by atoms with Gasteiger partial charge in [0.15, 0.2) is 0 Å². The van der Waals surface area contributed by atoms with Gasteiger partial charge in [0.05, 0.1) is 12.4 Å². The quantitative estimate of drug-likeness (QED) is 0.326. The van der Waals surface area contributed by atoms with Crippen LogP contribution in [0.15, 0.2) is 12.5 Å². The summed E-state index contributed by atoms with van der Waals surface area (Å²) in [6, 6.07) is -3.59. The van der Waals surface area contributed by atoms with Gasteiger partial charge in [-0.1, -0.05) is 20.3 Å². The lowest BCUT2D eigenvalue weighted by atomic mass is 9.98. The van der Waals surface area contributed by atoms with Crippen LogP contribution in [0.25, 0.3) is 0 Å². The predicted molar refractivity (Wildman–Crippen MR) is 112 cm³/mol. The van der Waals surface area contributed by atoms with E-state index in [2.05, 4.69) is 20.6 Å².